The van der Waals surface area contributed by atoms with E-state index in [4.69, 9.17) is 9.78 Å². The molecule has 0 aromatic rings. The Labute approximate surface area is 136 Å². The Balaban J connectivity index is 3.98. The Morgan fingerprint density at radius 3 is 2.09 bits per heavy atom. The molecule has 0 amide bonds. The van der Waals surface area contributed by atoms with Gasteiger partial charge in [0.15, 0.2) is 6.10 Å². The van der Waals surface area contributed by atoms with E-state index >= 15 is 0 Å². The summed E-state index contributed by atoms with van der Waals surface area (Å²) in [6.07, 6.45) is 3.59. The first-order valence-electron chi connectivity index (χ1n) is 8.42. The van der Waals surface area contributed by atoms with E-state index in [1.807, 2.05) is 0 Å². The second-order valence-corrected chi connectivity index (χ2v) is 8.88. The Morgan fingerprint density at radius 1 is 1.05 bits per heavy atom. The van der Waals surface area contributed by atoms with Gasteiger partial charge in [0.2, 0.25) is 0 Å². The molecule has 0 heterocycles. The molecule has 0 rings (SSSR count). The molecular weight excluding hydrogens is 280 g/mol. The summed E-state index contributed by atoms with van der Waals surface area (Å²) in [7, 11) is 0. The van der Waals surface area contributed by atoms with E-state index in [9.17, 15) is 9.90 Å². The van der Waals surface area contributed by atoms with Gasteiger partial charge in [0.25, 0.3) is 0 Å². The van der Waals surface area contributed by atoms with Crippen LogP contribution in [0.15, 0.2) is 0 Å². The summed E-state index contributed by atoms with van der Waals surface area (Å²) in [5.74, 6) is -0.602. The molecule has 0 aliphatic heterocycles. The van der Waals surface area contributed by atoms with Crippen LogP contribution in [0.5, 0.6) is 0 Å². The van der Waals surface area contributed by atoms with Crippen LogP contribution in [-0.2, 0) is 14.6 Å². The summed E-state index contributed by atoms with van der Waals surface area (Å²) in [4.78, 5) is 21.5. The van der Waals surface area contributed by atoms with Gasteiger partial charge in [-0.3, -0.25) is 0 Å². The molecule has 4 heteroatoms. The number of hydrogen-bond acceptors (Lipinski definition) is 3. The number of carboxylic acids is 1. The Kier molecular flexibility index (Phi) is 9.25. The smallest absolute Gasteiger partial charge is 0.336 e. The number of rotatable bonds is 10. The molecule has 22 heavy (non-hydrogen) atoms. The summed E-state index contributed by atoms with van der Waals surface area (Å²) in [5, 5.41) is 9.18. The highest BCUT2D eigenvalue weighted by Gasteiger charge is 2.21. The zero-order valence-electron chi connectivity index (χ0n) is 15.6. The van der Waals surface area contributed by atoms with Crippen LogP contribution in [-0.4, -0.2) is 23.8 Å². The second kappa shape index (κ2) is 9.51. The number of hydrogen-bond donors (Lipinski definition) is 1. The summed E-state index contributed by atoms with van der Waals surface area (Å²) in [6.45, 7) is 15.6. The van der Waals surface area contributed by atoms with E-state index in [1.54, 1.807) is 0 Å². The predicted octanol–water partition coefficient (Wildman–Crippen LogP) is 5.07. The van der Waals surface area contributed by atoms with E-state index in [0.717, 1.165) is 25.7 Å². The topological polar surface area (TPSA) is 55.8 Å². The minimum Gasteiger partial charge on any atom is -0.479 e. The molecule has 132 valence electrons. The molecule has 0 radical (unpaired) electrons. The first-order valence-corrected chi connectivity index (χ1v) is 8.42. The fourth-order valence-corrected chi connectivity index (χ4v) is 2.54. The minimum atomic E-state index is -0.945. The highest BCUT2D eigenvalue weighted by atomic mass is 17.2. The van der Waals surface area contributed by atoms with Crippen LogP contribution in [0, 0.1) is 16.7 Å². The van der Waals surface area contributed by atoms with Crippen LogP contribution >= 0.6 is 0 Å². The number of aliphatic carboxylic acids is 1. The van der Waals surface area contributed by atoms with Crippen molar-refractivity contribution >= 4 is 5.97 Å². The maximum absolute atomic E-state index is 11.2. The maximum atomic E-state index is 11.2. The zero-order chi connectivity index (χ0) is 17.4. The highest BCUT2D eigenvalue weighted by molar-refractivity contribution is 5.72. The lowest BCUT2D eigenvalue weighted by Gasteiger charge is -2.23. The van der Waals surface area contributed by atoms with Crippen molar-refractivity contribution in [2.24, 2.45) is 16.7 Å². The average Bonchev–Trinajstić information content (AvgIpc) is 2.28. The highest BCUT2D eigenvalue weighted by Crippen LogP contribution is 2.25. The van der Waals surface area contributed by atoms with Gasteiger partial charge in [0, 0.05) is 0 Å². The monoisotopic (exact) mass is 316 g/mol. The van der Waals surface area contributed by atoms with Crippen molar-refractivity contribution in [1.82, 2.24) is 0 Å². The molecule has 0 spiro atoms. The van der Waals surface area contributed by atoms with Crippen LogP contribution in [0.2, 0.25) is 0 Å². The summed E-state index contributed by atoms with van der Waals surface area (Å²) >= 11 is 0. The Hall–Kier alpha value is -0.610. The Bertz CT molecular complexity index is 312. The third-order valence-electron chi connectivity index (χ3n) is 3.42. The van der Waals surface area contributed by atoms with Gasteiger partial charge in [-0.05, 0) is 36.0 Å². The fraction of sp³-hybridized carbons (Fsp3) is 0.944. The predicted molar refractivity (Wildman–Crippen MR) is 89.6 cm³/mol. The molecule has 0 aromatic carbocycles. The molecule has 2 unspecified atom stereocenters. The van der Waals surface area contributed by atoms with Gasteiger partial charge in [-0.15, -0.1) is 0 Å². The SMILES string of the molecule is CC(COOC(CCCCC(C)(C)C)C(=O)O)CC(C)(C)C. The normalized spacial score (nSPS) is 15.6. The van der Waals surface area contributed by atoms with Crippen LogP contribution in [0.1, 0.15) is 80.6 Å². The molecule has 2 atom stereocenters. The van der Waals surface area contributed by atoms with E-state index in [1.165, 1.54) is 0 Å². The number of carbonyl (C=O) groups is 1. The quantitative estimate of drug-likeness (QED) is 0.347. The molecule has 0 aliphatic carbocycles. The van der Waals surface area contributed by atoms with Gasteiger partial charge < -0.3 is 5.11 Å². The minimum absolute atomic E-state index is 0.238. The maximum Gasteiger partial charge on any atom is 0.336 e. The molecule has 0 fully saturated rings. The van der Waals surface area contributed by atoms with Crippen molar-refractivity contribution in [3.8, 4) is 0 Å². The summed E-state index contributed by atoms with van der Waals surface area (Å²) in [5.41, 5.74) is 0.528. The van der Waals surface area contributed by atoms with Crippen molar-refractivity contribution in [1.29, 1.82) is 0 Å². The number of carboxylic acid groups (broad SMARTS) is 1. The van der Waals surface area contributed by atoms with Gasteiger partial charge >= 0.3 is 5.97 Å². The number of unbranched alkanes of at least 4 members (excludes halogenated alkanes) is 1. The van der Waals surface area contributed by atoms with Crippen molar-refractivity contribution in [2.45, 2.75) is 86.7 Å². The first-order chi connectivity index (χ1) is 9.91. The molecule has 0 aliphatic rings. The van der Waals surface area contributed by atoms with E-state index in [0.29, 0.717) is 24.4 Å². The largest absolute Gasteiger partial charge is 0.479 e. The molecule has 1 N–H and O–H groups in total. The molecule has 0 aromatic heterocycles. The lowest BCUT2D eigenvalue weighted by Crippen LogP contribution is -2.25. The molecule has 0 saturated heterocycles. The third kappa shape index (κ3) is 13.1. The van der Waals surface area contributed by atoms with Gasteiger partial charge in [0.1, 0.15) is 0 Å². The van der Waals surface area contributed by atoms with Gasteiger partial charge in [-0.25, -0.2) is 14.6 Å². The van der Waals surface area contributed by atoms with Gasteiger partial charge in [-0.2, -0.15) is 0 Å². The lowest BCUT2D eigenvalue weighted by atomic mass is 9.86. The van der Waals surface area contributed by atoms with E-state index in [-0.39, 0.29) is 5.41 Å². The van der Waals surface area contributed by atoms with Crippen LogP contribution in [0.3, 0.4) is 0 Å². The van der Waals surface area contributed by atoms with Crippen molar-refractivity contribution in [2.75, 3.05) is 6.61 Å². The average molecular weight is 316 g/mol. The fourth-order valence-electron chi connectivity index (χ4n) is 2.54. The summed E-state index contributed by atoms with van der Waals surface area (Å²) < 4.78 is 0. The first kappa shape index (κ1) is 21.4. The lowest BCUT2D eigenvalue weighted by molar-refractivity contribution is -0.326. The Morgan fingerprint density at radius 2 is 1.64 bits per heavy atom. The van der Waals surface area contributed by atoms with Crippen molar-refractivity contribution in [3.05, 3.63) is 0 Å². The van der Waals surface area contributed by atoms with E-state index in [2.05, 4.69) is 48.5 Å². The zero-order valence-corrected chi connectivity index (χ0v) is 15.6. The van der Waals surface area contributed by atoms with Crippen LogP contribution < -0.4 is 0 Å². The summed E-state index contributed by atoms with van der Waals surface area (Å²) in [6, 6.07) is 0. The van der Waals surface area contributed by atoms with Gasteiger partial charge in [-0.1, -0.05) is 61.3 Å². The molecular formula is C18H36O4. The van der Waals surface area contributed by atoms with Crippen LogP contribution in [0.25, 0.3) is 0 Å². The molecule has 0 saturated carbocycles. The second-order valence-electron chi connectivity index (χ2n) is 8.88. The molecule has 0 bridgehead atoms. The van der Waals surface area contributed by atoms with Crippen molar-refractivity contribution in [3.63, 3.8) is 0 Å². The van der Waals surface area contributed by atoms with Crippen molar-refractivity contribution < 1.29 is 19.7 Å². The third-order valence-corrected chi connectivity index (χ3v) is 3.42. The standard InChI is InChI=1S/C18H36O4/c1-14(12-18(5,6)7)13-21-22-15(16(19)20)10-8-9-11-17(2,3)4/h14-15H,8-13H2,1-7H3,(H,19,20). The van der Waals surface area contributed by atoms with E-state index < -0.39 is 12.1 Å². The van der Waals surface area contributed by atoms with Gasteiger partial charge in [0.05, 0.1) is 6.61 Å². The van der Waals surface area contributed by atoms with Crippen LogP contribution in [0.4, 0.5) is 0 Å². The molecule has 4 nitrogen and oxygen atoms in total.